The van der Waals surface area contributed by atoms with Gasteiger partial charge in [-0.1, -0.05) is 48.5 Å². The molecule has 0 bridgehead atoms. The van der Waals surface area contributed by atoms with E-state index in [1.807, 2.05) is 6.07 Å². The summed E-state index contributed by atoms with van der Waals surface area (Å²) in [6.07, 6.45) is 0.906. The summed E-state index contributed by atoms with van der Waals surface area (Å²) in [5.74, 6) is 1.67. The summed E-state index contributed by atoms with van der Waals surface area (Å²) in [4.78, 5) is 12.7. The molecule has 0 saturated carbocycles. The van der Waals surface area contributed by atoms with Crippen molar-refractivity contribution in [2.75, 3.05) is 38.2 Å². The fraction of sp³-hybridized carbons (Fsp3) is 0.333. The summed E-state index contributed by atoms with van der Waals surface area (Å²) in [6, 6.07) is 21.3. The van der Waals surface area contributed by atoms with Gasteiger partial charge in [0.25, 0.3) is 0 Å². The first-order chi connectivity index (χ1) is 16.8. The zero-order chi connectivity index (χ0) is 22.7. The maximum Gasteiger partial charge on any atom is 0.236 e. The number of aromatic nitrogens is 3. The van der Waals surface area contributed by atoms with E-state index in [4.69, 9.17) is 14.7 Å². The molecule has 0 unspecified atom stereocenters. The molecule has 4 heterocycles. The van der Waals surface area contributed by atoms with Crippen molar-refractivity contribution >= 4 is 16.7 Å². The number of anilines is 1. The summed E-state index contributed by atoms with van der Waals surface area (Å²) in [7, 11) is 0. The van der Waals surface area contributed by atoms with Crippen LogP contribution in [0.3, 0.4) is 0 Å². The first-order valence-corrected chi connectivity index (χ1v) is 12.1. The minimum atomic E-state index is 0.733. The summed E-state index contributed by atoms with van der Waals surface area (Å²) < 4.78 is 7.82. The molecule has 0 radical (unpaired) electrons. The Morgan fingerprint density at radius 3 is 2.68 bits per heavy atom. The van der Waals surface area contributed by atoms with E-state index in [1.165, 1.54) is 22.2 Å². The molecular weight excluding hydrogens is 424 g/mol. The van der Waals surface area contributed by atoms with E-state index < -0.39 is 0 Å². The highest BCUT2D eigenvalue weighted by molar-refractivity contribution is 5.82. The van der Waals surface area contributed by atoms with E-state index in [0.29, 0.717) is 0 Å². The number of benzene rings is 2. The molecule has 2 aromatic carbocycles. The number of hydrogen-bond donors (Lipinski definition) is 2. The SMILES string of the molecule is c1ccc(CNc2nc(-n3c(CN4CCOCC4)cc4ccccc43)nc3c2CNCC3)cc1. The van der Waals surface area contributed by atoms with Gasteiger partial charge in [-0.25, -0.2) is 4.98 Å². The van der Waals surface area contributed by atoms with E-state index in [2.05, 4.69) is 74.7 Å². The number of fused-ring (bicyclic) bond motifs is 2. The van der Waals surface area contributed by atoms with Crippen molar-refractivity contribution in [1.82, 2.24) is 24.8 Å². The van der Waals surface area contributed by atoms with E-state index in [-0.39, 0.29) is 0 Å². The van der Waals surface area contributed by atoms with Gasteiger partial charge in [-0.15, -0.1) is 0 Å². The van der Waals surface area contributed by atoms with Crippen molar-refractivity contribution in [3.05, 3.63) is 83.2 Å². The van der Waals surface area contributed by atoms with Crippen LogP contribution in [0.25, 0.3) is 16.9 Å². The predicted molar refractivity (Wildman–Crippen MR) is 134 cm³/mol. The second kappa shape index (κ2) is 9.54. The number of morpholine rings is 1. The van der Waals surface area contributed by atoms with Crippen LogP contribution in [0.1, 0.15) is 22.5 Å². The lowest BCUT2D eigenvalue weighted by Crippen LogP contribution is -2.36. The minimum absolute atomic E-state index is 0.733. The molecule has 0 atom stereocenters. The van der Waals surface area contributed by atoms with Crippen LogP contribution < -0.4 is 10.6 Å². The maximum absolute atomic E-state index is 5.57. The maximum atomic E-state index is 5.57. The lowest BCUT2D eigenvalue weighted by atomic mass is 10.1. The smallest absolute Gasteiger partial charge is 0.236 e. The van der Waals surface area contributed by atoms with Crippen molar-refractivity contribution in [2.45, 2.75) is 26.1 Å². The quantitative estimate of drug-likeness (QED) is 0.465. The Morgan fingerprint density at radius 1 is 0.971 bits per heavy atom. The molecule has 174 valence electrons. The van der Waals surface area contributed by atoms with Gasteiger partial charge in [0.15, 0.2) is 0 Å². The van der Waals surface area contributed by atoms with Crippen LogP contribution in [0.15, 0.2) is 60.7 Å². The highest BCUT2D eigenvalue weighted by Crippen LogP contribution is 2.28. The molecule has 0 amide bonds. The fourth-order valence-electron chi connectivity index (χ4n) is 4.91. The van der Waals surface area contributed by atoms with Crippen LogP contribution in [0, 0.1) is 0 Å². The third-order valence-electron chi connectivity index (χ3n) is 6.70. The zero-order valence-corrected chi connectivity index (χ0v) is 19.3. The lowest BCUT2D eigenvalue weighted by Gasteiger charge is -2.27. The van der Waals surface area contributed by atoms with Crippen LogP contribution in [0.2, 0.25) is 0 Å². The second-order valence-electron chi connectivity index (χ2n) is 8.98. The summed E-state index contributed by atoms with van der Waals surface area (Å²) in [5.41, 5.74) is 5.91. The first kappa shape index (κ1) is 21.3. The van der Waals surface area contributed by atoms with Crippen molar-refractivity contribution in [1.29, 1.82) is 0 Å². The van der Waals surface area contributed by atoms with Crippen LogP contribution in [0.5, 0.6) is 0 Å². The number of rotatable bonds is 6. The molecule has 0 spiro atoms. The third-order valence-corrected chi connectivity index (χ3v) is 6.70. The number of hydrogen-bond acceptors (Lipinski definition) is 6. The number of nitrogens with one attached hydrogen (secondary N) is 2. The zero-order valence-electron chi connectivity index (χ0n) is 19.3. The van der Waals surface area contributed by atoms with Crippen molar-refractivity contribution in [3.8, 4) is 5.95 Å². The average Bonchev–Trinajstić information content (AvgIpc) is 3.26. The molecule has 1 fully saturated rings. The highest BCUT2D eigenvalue weighted by Gasteiger charge is 2.22. The van der Waals surface area contributed by atoms with Crippen molar-refractivity contribution in [2.24, 2.45) is 0 Å². The Hall–Kier alpha value is -3.26. The average molecular weight is 455 g/mol. The molecule has 2 aliphatic heterocycles. The molecule has 0 aliphatic carbocycles. The molecule has 6 rings (SSSR count). The molecule has 4 aromatic rings. The van der Waals surface area contributed by atoms with Gasteiger partial charge < -0.3 is 15.4 Å². The highest BCUT2D eigenvalue weighted by atomic mass is 16.5. The molecule has 7 heteroatoms. The van der Waals surface area contributed by atoms with Gasteiger partial charge in [0.1, 0.15) is 5.82 Å². The molecule has 7 nitrogen and oxygen atoms in total. The van der Waals surface area contributed by atoms with Crippen molar-refractivity contribution < 1.29 is 4.74 Å². The van der Waals surface area contributed by atoms with Gasteiger partial charge in [0, 0.05) is 62.3 Å². The molecule has 1 saturated heterocycles. The van der Waals surface area contributed by atoms with Crippen LogP contribution in [-0.2, 0) is 30.8 Å². The lowest BCUT2D eigenvalue weighted by molar-refractivity contribution is 0.0335. The number of nitrogens with zero attached hydrogens (tertiary/aromatic N) is 4. The molecular formula is C27H30N6O. The van der Waals surface area contributed by atoms with Gasteiger partial charge in [0.05, 0.1) is 24.4 Å². The number of para-hydroxylation sites is 1. The van der Waals surface area contributed by atoms with Crippen LogP contribution in [0.4, 0.5) is 5.82 Å². The molecule has 2 aliphatic rings. The Labute approximate surface area is 199 Å². The van der Waals surface area contributed by atoms with E-state index in [0.717, 1.165) is 81.9 Å². The van der Waals surface area contributed by atoms with Gasteiger partial charge in [0.2, 0.25) is 5.95 Å². The van der Waals surface area contributed by atoms with Gasteiger partial charge in [-0.3, -0.25) is 9.47 Å². The summed E-state index contributed by atoms with van der Waals surface area (Å²) >= 11 is 0. The first-order valence-electron chi connectivity index (χ1n) is 12.1. The topological polar surface area (TPSA) is 67.2 Å². The minimum Gasteiger partial charge on any atom is -0.379 e. The largest absolute Gasteiger partial charge is 0.379 e. The predicted octanol–water partition coefficient (Wildman–Crippen LogP) is 3.51. The standard InChI is InChI=1S/C27H30N6O/c1-2-6-20(7-3-1)17-29-26-23-18-28-11-10-24(23)30-27(31-26)33-22(19-32-12-14-34-15-13-32)16-21-8-4-5-9-25(21)33/h1-9,16,28H,10-15,17-19H2,(H,29,30,31). The molecule has 34 heavy (non-hydrogen) atoms. The number of ether oxygens (including phenoxy) is 1. The van der Waals surface area contributed by atoms with E-state index in [9.17, 15) is 0 Å². The third kappa shape index (κ3) is 4.30. The van der Waals surface area contributed by atoms with E-state index >= 15 is 0 Å². The second-order valence-corrected chi connectivity index (χ2v) is 8.98. The van der Waals surface area contributed by atoms with Gasteiger partial charge in [-0.05, 0) is 17.7 Å². The van der Waals surface area contributed by atoms with Crippen LogP contribution >= 0.6 is 0 Å². The fourth-order valence-corrected chi connectivity index (χ4v) is 4.91. The normalized spacial score (nSPS) is 16.5. The Kier molecular flexibility index (Phi) is 5.97. The summed E-state index contributed by atoms with van der Waals surface area (Å²) in [5, 5.41) is 8.31. The Balaban J connectivity index is 1.42. The van der Waals surface area contributed by atoms with Crippen LogP contribution in [-0.4, -0.2) is 52.3 Å². The monoisotopic (exact) mass is 454 g/mol. The molecule has 2 aromatic heterocycles. The van der Waals surface area contributed by atoms with E-state index in [1.54, 1.807) is 0 Å². The summed E-state index contributed by atoms with van der Waals surface area (Å²) in [6.45, 7) is 6.79. The molecule has 2 N–H and O–H groups in total. The van der Waals surface area contributed by atoms with Gasteiger partial charge in [-0.2, -0.15) is 4.98 Å². The Bertz CT molecular complexity index is 1280. The van der Waals surface area contributed by atoms with Crippen molar-refractivity contribution in [3.63, 3.8) is 0 Å². The Morgan fingerprint density at radius 2 is 1.79 bits per heavy atom. The van der Waals surface area contributed by atoms with Gasteiger partial charge >= 0.3 is 0 Å².